The van der Waals surface area contributed by atoms with Gasteiger partial charge >= 0.3 is 0 Å². The zero-order valence-electron chi connectivity index (χ0n) is 13.8. The number of ketones is 1. The van der Waals surface area contributed by atoms with Gasteiger partial charge < -0.3 is 0 Å². The van der Waals surface area contributed by atoms with Crippen LogP contribution >= 0.6 is 0 Å². The Balaban J connectivity index is 1.91. The van der Waals surface area contributed by atoms with Crippen LogP contribution in [0.2, 0.25) is 0 Å². The van der Waals surface area contributed by atoms with Crippen LogP contribution in [0.25, 0.3) is 0 Å². The molecule has 1 aromatic rings. The highest BCUT2D eigenvalue weighted by molar-refractivity contribution is 7.90. The lowest BCUT2D eigenvalue weighted by Crippen LogP contribution is -2.54. The van der Waals surface area contributed by atoms with Crippen LogP contribution in [0.15, 0.2) is 29.2 Å². The van der Waals surface area contributed by atoms with Gasteiger partial charge in [-0.1, -0.05) is 31.4 Å². The van der Waals surface area contributed by atoms with Crippen molar-refractivity contribution in [1.82, 2.24) is 4.90 Å². The van der Waals surface area contributed by atoms with E-state index < -0.39 is 9.84 Å². The Labute approximate surface area is 138 Å². The summed E-state index contributed by atoms with van der Waals surface area (Å²) in [7, 11) is -3.22. The normalized spacial score (nSPS) is 22.1. The molecule has 0 atom stereocenters. The number of nitrogens with zero attached hydrogens (tertiary/aromatic N) is 1. The van der Waals surface area contributed by atoms with Gasteiger partial charge in [0.05, 0.1) is 10.4 Å². The third-order valence-corrected chi connectivity index (χ3v) is 6.49. The Hall–Kier alpha value is -1.20. The second-order valence-corrected chi connectivity index (χ2v) is 8.93. The maximum absolute atomic E-state index is 13.3. The van der Waals surface area contributed by atoms with Gasteiger partial charge in [0.15, 0.2) is 15.6 Å². The van der Waals surface area contributed by atoms with Crippen molar-refractivity contribution in [3.63, 3.8) is 0 Å². The number of Topliss-reactive ketones (excluding diaryl/α,β-unsaturated/α-hetero) is 1. The standard InChI is InChI=1S/C18H25NO3S/c1-23(21,22)16-9-7-15(8-10-16)17(20)18(11-3-2-4-12-18)19-13-5-6-14-19/h7-10H,2-6,11-14H2,1H3. The molecule has 0 radical (unpaired) electrons. The fourth-order valence-electron chi connectivity index (χ4n) is 4.09. The van der Waals surface area contributed by atoms with Crippen molar-refractivity contribution in [3.05, 3.63) is 29.8 Å². The van der Waals surface area contributed by atoms with Crippen LogP contribution in [-0.2, 0) is 9.84 Å². The van der Waals surface area contributed by atoms with Gasteiger partial charge in [-0.05, 0) is 50.9 Å². The molecule has 1 heterocycles. The predicted octanol–water partition coefficient (Wildman–Crippen LogP) is 3.07. The van der Waals surface area contributed by atoms with Gasteiger partial charge in [-0.2, -0.15) is 0 Å². The van der Waals surface area contributed by atoms with Gasteiger partial charge in [-0.3, -0.25) is 9.69 Å². The number of carbonyl (C=O) groups excluding carboxylic acids is 1. The minimum absolute atomic E-state index is 0.180. The van der Waals surface area contributed by atoms with Gasteiger partial charge in [0, 0.05) is 11.8 Å². The molecule has 0 N–H and O–H groups in total. The van der Waals surface area contributed by atoms with Crippen LogP contribution in [0.5, 0.6) is 0 Å². The van der Waals surface area contributed by atoms with Gasteiger partial charge in [-0.25, -0.2) is 8.42 Å². The smallest absolute Gasteiger partial charge is 0.183 e. The van der Waals surface area contributed by atoms with Crippen molar-refractivity contribution in [1.29, 1.82) is 0 Å². The molecule has 0 bridgehead atoms. The summed E-state index contributed by atoms with van der Waals surface area (Å²) in [6.45, 7) is 2.01. The Bertz CT molecular complexity index is 667. The van der Waals surface area contributed by atoms with Crippen molar-refractivity contribution in [2.45, 2.75) is 55.4 Å². The molecule has 0 spiro atoms. The highest BCUT2D eigenvalue weighted by Crippen LogP contribution is 2.38. The molecule has 126 valence electrons. The Morgan fingerprint density at radius 3 is 2.04 bits per heavy atom. The summed E-state index contributed by atoms with van der Waals surface area (Å²) in [6.07, 6.45) is 8.79. The monoisotopic (exact) mass is 335 g/mol. The molecule has 3 rings (SSSR count). The molecule has 5 heteroatoms. The van der Waals surface area contributed by atoms with Crippen molar-refractivity contribution in [2.24, 2.45) is 0 Å². The van der Waals surface area contributed by atoms with Gasteiger partial charge in [0.25, 0.3) is 0 Å². The molecule has 0 aromatic heterocycles. The molecule has 23 heavy (non-hydrogen) atoms. The van der Waals surface area contributed by atoms with E-state index in [-0.39, 0.29) is 16.2 Å². The van der Waals surface area contributed by atoms with E-state index in [0.717, 1.165) is 38.8 Å². The lowest BCUT2D eigenvalue weighted by molar-refractivity contribution is 0.0473. The first-order valence-electron chi connectivity index (χ1n) is 8.53. The van der Waals surface area contributed by atoms with Crippen LogP contribution in [0.1, 0.15) is 55.3 Å². The molecule has 0 unspecified atom stereocenters. The number of benzene rings is 1. The molecule has 1 aliphatic heterocycles. The SMILES string of the molecule is CS(=O)(=O)c1ccc(C(=O)C2(N3CCCC3)CCCCC2)cc1. The topological polar surface area (TPSA) is 54.5 Å². The summed E-state index contributed by atoms with van der Waals surface area (Å²) in [4.78, 5) is 15.9. The first kappa shape index (κ1) is 16.7. The minimum Gasteiger partial charge on any atom is -0.292 e. The molecule has 0 amide bonds. The molecule has 2 fully saturated rings. The first-order chi connectivity index (χ1) is 10.9. The van der Waals surface area contributed by atoms with E-state index in [2.05, 4.69) is 4.90 Å². The average molecular weight is 335 g/mol. The fraction of sp³-hybridized carbons (Fsp3) is 0.611. The zero-order chi connectivity index (χ0) is 16.5. The van der Waals surface area contributed by atoms with Crippen LogP contribution in [0.4, 0.5) is 0 Å². The Morgan fingerprint density at radius 1 is 0.957 bits per heavy atom. The lowest BCUT2D eigenvalue weighted by atomic mass is 9.75. The molecular weight excluding hydrogens is 310 g/mol. The summed E-state index contributed by atoms with van der Waals surface area (Å²) < 4.78 is 23.2. The molecule has 1 aromatic carbocycles. The second kappa shape index (κ2) is 6.36. The largest absolute Gasteiger partial charge is 0.292 e. The number of hydrogen-bond acceptors (Lipinski definition) is 4. The third kappa shape index (κ3) is 3.22. The highest BCUT2D eigenvalue weighted by Gasteiger charge is 2.45. The van der Waals surface area contributed by atoms with Crippen LogP contribution in [0, 0.1) is 0 Å². The van der Waals surface area contributed by atoms with Gasteiger partial charge in [0.1, 0.15) is 0 Å². The minimum atomic E-state index is -3.22. The molecule has 2 aliphatic rings. The lowest BCUT2D eigenvalue weighted by Gasteiger charge is -2.43. The number of likely N-dealkylation sites (tertiary alicyclic amines) is 1. The fourth-order valence-corrected chi connectivity index (χ4v) is 4.72. The van der Waals surface area contributed by atoms with Gasteiger partial charge in [0.2, 0.25) is 0 Å². The maximum Gasteiger partial charge on any atom is 0.183 e. The molecule has 1 aliphatic carbocycles. The Morgan fingerprint density at radius 2 is 1.52 bits per heavy atom. The summed E-state index contributed by atoms with van der Waals surface area (Å²) in [5, 5.41) is 0. The predicted molar refractivity (Wildman–Crippen MR) is 90.5 cm³/mol. The number of hydrogen-bond donors (Lipinski definition) is 0. The average Bonchev–Trinajstić information content (AvgIpc) is 3.09. The van der Waals surface area contributed by atoms with Crippen molar-refractivity contribution in [2.75, 3.05) is 19.3 Å². The van der Waals surface area contributed by atoms with E-state index in [0.29, 0.717) is 5.56 Å². The maximum atomic E-state index is 13.3. The quantitative estimate of drug-likeness (QED) is 0.794. The number of rotatable bonds is 4. The highest BCUT2D eigenvalue weighted by atomic mass is 32.2. The van der Waals surface area contributed by atoms with Crippen molar-refractivity contribution < 1.29 is 13.2 Å². The van der Waals surface area contributed by atoms with Crippen LogP contribution in [0.3, 0.4) is 0 Å². The van der Waals surface area contributed by atoms with Gasteiger partial charge in [-0.15, -0.1) is 0 Å². The van der Waals surface area contributed by atoms with E-state index in [4.69, 9.17) is 0 Å². The summed E-state index contributed by atoms with van der Waals surface area (Å²) in [6, 6.07) is 6.49. The summed E-state index contributed by atoms with van der Waals surface area (Å²) in [5.74, 6) is 0.180. The van der Waals surface area contributed by atoms with Crippen molar-refractivity contribution in [3.8, 4) is 0 Å². The first-order valence-corrected chi connectivity index (χ1v) is 10.4. The van der Waals surface area contributed by atoms with E-state index >= 15 is 0 Å². The number of sulfone groups is 1. The molecule has 1 saturated carbocycles. The van der Waals surface area contributed by atoms with E-state index in [1.807, 2.05) is 0 Å². The second-order valence-electron chi connectivity index (χ2n) is 6.91. The van der Waals surface area contributed by atoms with Crippen LogP contribution < -0.4 is 0 Å². The zero-order valence-corrected chi connectivity index (χ0v) is 14.6. The number of carbonyl (C=O) groups is 1. The summed E-state index contributed by atoms with van der Waals surface area (Å²) >= 11 is 0. The molecule has 4 nitrogen and oxygen atoms in total. The summed E-state index contributed by atoms with van der Waals surface area (Å²) in [5.41, 5.74) is 0.285. The third-order valence-electron chi connectivity index (χ3n) is 5.36. The van der Waals surface area contributed by atoms with E-state index in [1.165, 1.54) is 25.5 Å². The Kier molecular flexibility index (Phi) is 4.61. The molecular formula is C18H25NO3S. The molecule has 1 saturated heterocycles. The van der Waals surface area contributed by atoms with E-state index in [9.17, 15) is 13.2 Å². The van der Waals surface area contributed by atoms with E-state index in [1.54, 1.807) is 24.3 Å². The van der Waals surface area contributed by atoms with Crippen LogP contribution in [-0.4, -0.2) is 44.0 Å². The van der Waals surface area contributed by atoms with Crippen molar-refractivity contribution >= 4 is 15.6 Å².